The van der Waals surface area contributed by atoms with Crippen LogP contribution in [-0.2, 0) is 5.41 Å². The van der Waals surface area contributed by atoms with E-state index in [1.807, 2.05) is 0 Å². The van der Waals surface area contributed by atoms with E-state index in [9.17, 15) is 0 Å². The van der Waals surface area contributed by atoms with Crippen LogP contribution < -0.4 is 5.32 Å². The summed E-state index contributed by atoms with van der Waals surface area (Å²) in [4.78, 5) is 5.16. The fourth-order valence-corrected chi connectivity index (χ4v) is 8.10. The molecule has 0 saturated carbocycles. The van der Waals surface area contributed by atoms with Gasteiger partial charge < -0.3 is 9.88 Å². The van der Waals surface area contributed by atoms with Gasteiger partial charge in [-0.05, 0) is 64.1 Å². The van der Waals surface area contributed by atoms with E-state index in [1.54, 1.807) is 0 Å². The summed E-state index contributed by atoms with van der Waals surface area (Å²) >= 11 is 0. The van der Waals surface area contributed by atoms with Gasteiger partial charge in [0.15, 0.2) is 0 Å². The summed E-state index contributed by atoms with van der Waals surface area (Å²) in [6.45, 7) is 7.06. The first-order valence-corrected chi connectivity index (χ1v) is 16.7. The molecule has 3 heteroatoms. The van der Waals surface area contributed by atoms with Crippen molar-refractivity contribution >= 4 is 33.3 Å². The van der Waals surface area contributed by atoms with Gasteiger partial charge in [0.1, 0.15) is 5.84 Å². The highest BCUT2D eigenvalue weighted by Crippen LogP contribution is 2.51. The molecule has 1 N–H and O–H groups in total. The Morgan fingerprint density at radius 1 is 0.681 bits per heavy atom. The third kappa shape index (κ3) is 4.37. The third-order valence-electron chi connectivity index (χ3n) is 10.5. The standard InChI is InChI=1S/C44H37N3/c1-28-24-31(22-23-32(28)40-27-39(29-14-6-4-7-15-29)45-43(46-40)30-16-8-5-9-17-30)47-41-21-13-11-19-34(41)36-25-38-35(26-42(36)47)33-18-10-12-20-37(33)44(38,2)3/h4-28,32,39H,1-3H3,(H,45,46). The van der Waals surface area contributed by atoms with Gasteiger partial charge in [0.05, 0.1) is 17.1 Å². The van der Waals surface area contributed by atoms with Gasteiger partial charge in [0.2, 0.25) is 0 Å². The zero-order valence-electron chi connectivity index (χ0n) is 27.0. The van der Waals surface area contributed by atoms with Gasteiger partial charge in [0, 0.05) is 39.1 Å². The van der Waals surface area contributed by atoms with E-state index in [2.05, 4.69) is 176 Å². The quantitative estimate of drug-likeness (QED) is 0.212. The number of nitrogens with one attached hydrogen (secondary N) is 1. The van der Waals surface area contributed by atoms with Gasteiger partial charge in [-0.2, -0.15) is 0 Å². The molecule has 3 aliphatic rings. The van der Waals surface area contributed by atoms with Crippen LogP contribution in [0.1, 0.15) is 49.1 Å². The molecule has 1 aliphatic heterocycles. The summed E-state index contributed by atoms with van der Waals surface area (Å²) in [5.41, 5.74) is 12.7. The molecule has 9 rings (SSSR count). The number of hydrogen-bond donors (Lipinski definition) is 1. The lowest BCUT2D eigenvalue weighted by Gasteiger charge is -2.31. The van der Waals surface area contributed by atoms with Crippen molar-refractivity contribution in [2.45, 2.75) is 32.2 Å². The molecule has 0 radical (unpaired) electrons. The normalized spacial score (nSPS) is 21.1. The monoisotopic (exact) mass is 607 g/mol. The van der Waals surface area contributed by atoms with Crippen molar-refractivity contribution in [1.82, 2.24) is 9.88 Å². The number of amidine groups is 1. The lowest BCUT2D eigenvalue weighted by atomic mass is 9.82. The van der Waals surface area contributed by atoms with Crippen LogP contribution in [0, 0.1) is 11.8 Å². The lowest BCUT2D eigenvalue weighted by molar-refractivity contribution is 0.550. The molecule has 3 unspecified atom stereocenters. The van der Waals surface area contributed by atoms with Gasteiger partial charge in [-0.3, -0.25) is 4.99 Å². The molecule has 3 nitrogen and oxygen atoms in total. The molecule has 0 bridgehead atoms. The Kier molecular flexibility index (Phi) is 6.26. The van der Waals surface area contributed by atoms with Gasteiger partial charge in [-0.15, -0.1) is 0 Å². The van der Waals surface area contributed by atoms with Gasteiger partial charge in [0.25, 0.3) is 0 Å². The molecule has 0 spiro atoms. The average Bonchev–Trinajstić information content (AvgIpc) is 3.56. The molecule has 0 amide bonds. The Balaban J connectivity index is 1.14. The Labute approximate surface area is 276 Å². The topological polar surface area (TPSA) is 29.3 Å². The third-order valence-corrected chi connectivity index (χ3v) is 10.5. The SMILES string of the molecule is CC1C=C(n2c3ccccc3c3cc4c(cc32)-c2ccccc2C4(C)C)C=CC1C1=CC(c2ccccc2)N=C(c2ccccc2)N1. The van der Waals surface area contributed by atoms with Gasteiger partial charge >= 0.3 is 0 Å². The first-order valence-electron chi connectivity index (χ1n) is 16.7. The van der Waals surface area contributed by atoms with Crippen LogP contribution >= 0.6 is 0 Å². The predicted molar refractivity (Wildman–Crippen MR) is 196 cm³/mol. The molecule has 228 valence electrons. The molecule has 5 aromatic carbocycles. The smallest absolute Gasteiger partial charge is 0.133 e. The van der Waals surface area contributed by atoms with Crippen LogP contribution in [0.2, 0.25) is 0 Å². The maximum Gasteiger partial charge on any atom is 0.133 e. The van der Waals surface area contributed by atoms with E-state index < -0.39 is 0 Å². The maximum absolute atomic E-state index is 5.16. The molecule has 47 heavy (non-hydrogen) atoms. The second-order valence-corrected chi connectivity index (χ2v) is 13.7. The molecule has 2 heterocycles. The second kappa shape index (κ2) is 10.6. The highest BCUT2D eigenvalue weighted by molar-refractivity contribution is 6.12. The largest absolute Gasteiger partial charge is 0.343 e. The molecule has 0 fully saturated rings. The second-order valence-electron chi connectivity index (χ2n) is 13.7. The van der Waals surface area contributed by atoms with Crippen molar-refractivity contribution in [1.29, 1.82) is 0 Å². The maximum atomic E-state index is 5.16. The summed E-state index contributed by atoms with van der Waals surface area (Å²) in [7, 11) is 0. The van der Waals surface area contributed by atoms with Crippen LogP contribution in [0.4, 0.5) is 0 Å². The van der Waals surface area contributed by atoms with E-state index in [-0.39, 0.29) is 23.3 Å². The van der Waals surface area contributed by atoms with E-state index in [4.69, 9.17) is 4.99 Å². The Hall–Kier alpha value is -5.41. The fraction of sp³-hybridized carbons (Fsp3) is 0.159. The van der Waals surface area contributed by atoms with Crippen LogP contribution in [0.3, 0.4) is 0 Å². The Morgan fingerprint density at radius 2 is 1.40 bits per heavy atom. The van der Waals surface area contributed by atoms with Crippen LogP contribution in [0.15, 0.2) is 156 Å². The van der Waals surface area contributed by atoms with E-state index in [0.717, 1.165) is 11.4 Å². The highest BCUT2D eigenvalue weighted by Gasteiger charge is 2.36. The van der Waals surface area contributed by atoms with E-state index in [1.165, 1.54) is 61.0 Å². The number of benzene rings is 5. The number of nitrogens with zero attached hydrogens (tertiary/aromatic N) is 2. The number of fused-ring (bicyclic) bond motifs is 6. The van der Waals surface area contributed by atoms with Gasteiger partial charge in [-0.1, -0.05) is 136 Å². The van der Waals surface area contributed by atoms with E-state index in [0.29, 0.717) is 0 Å². The summed E-state index contributed by atoms with van der Waals surface area (Å²) in [5.74, 6) is 1.39. The van der Waals surface area contributed by atoms with Crippen LogP contribution in [0.25, 0.3) is 38.6 Å². The first-order chi connectivity index (χ1) is 23.0. The number of hydrogen-bond acceptors (Lipinski definition) is 2. The van der Waals surface area contributed by atoms with Crippen molar-refractivity contribution in [3.63, 3.8) is 0 Å². The van der Waals surface area contributed by atoms with Crippen molar-refractivity contribution in [3.8, 4) is 11.1 Å². The Morgan fingerprint density at radius 3 is 2.21 bits per heavy atom. The van der Waals surface area contributed by atoms with Crippen molar-refractivity contribution in [2.75, 3.05) is 0 Å². The minimum absolute atomic E-state index is 0.0324. The number of aliphatic imine (C=N–C) groups is 1. The van der Waals surface area contributed by atoms with Crippen molar-refractivity contribution in [3.05, 3.63) is 174 Å². The molecule has 2 aliphatic carbocycles. The van der Waals surface area contributed by atoms with Gasteiger partial charge in [-0.25, -0.2) is 0 Å². The predicted octanol–water partition coefficient (Wildman–Crippen LogP) is 10.4. The molecule has 1 aromatic heterocycles. The van der Waals surface area contributed by atoms with Crippen molar-refractivity contribution in [2.24, 2.45) is 16.8 Å². The van der Waals surface area contributed by atoms with Crippen LogP contribution in [0.5, 0.6) is 0 Å². The zero-order chi connectivity index (χ0) is 31.7. The number of aromatic nitrogens is 1. The molecule has 0 saturated heterocycles. The molecule has 3 atom stereocenters. The van der Waals surface area contributed by atoms with E-state index >= 15 is 0 Å². The molecular weight excluding hydrogens is 571 g/mol. The lowest BCUT2D eigenvalue weighted by Crippen LogP contribution is -2.33. The fourth-order valence-electron chi connectivity index (χ4n) is 8.10. The average molecular weight is 608 g/mol. The number of rotatable bonds is 4. The van der Waals surface area contributed by atoms with Crippen molar-refractivity contribution < 1.29 is 0 Å². The minimum Gasteiger partial charge on any atom is -0.343 e. The number of para-hydroxylation sites is 1. The summed E-state index contributed by atoms with van der Waals surface area (Å²) in [5, 5.41) is 6.36. The summed E-state index contributed by atoms with van der Waals surface area (Å²) in [6.07, 6.45) is 9.49. The number of allylic oxidation sites excluding steroid dienone is 4. The highest BCUT2D eigenvalue weighted by atomic mass is 15.1. The Bertz CT molecular complexity index is 2310. The minimum atomic E-state index is -0.0415. The summed E-state index contributed by atoms with van der Waals surface area (Å²) in [6, 6.07) is 43.8. The summed E-state index contributed by atoms with van der Waals surface area (Å²) < 4.78 is 2.48. The molecular formula is C44H37N3. The first kappa shape index (κ1) is 27.9. The zero-order valence-corrected chi connectivity index (χ0v) is 27.0. The molecule has 6 aromatic rings. The van der Waals surface area contributed by atoms with Crippen LogP contribution in [-0.4, -0.2) is 10.4 Å².